The predicted molar refractivity (Wildman–Crippen MR) is 214 cm³/mol. The molecule has 10 nitrogen and oxygen atoms in total. The molecule has 276 valence electrons. The fourth-order valence-electron chi connectivity index (χ4n) is 5.17. The van der Waals surface area contributed by atoms with E-state index in [1.165, 1.54) is 4.90 Å². The molecular weight excluding hydrogens is 768 g/mol. The number of benzene rings is 4. The van der Waals surface area contributed by atoms with E-state index in [0.29, 0.717) is 34.2 Å². The fourth-order valence-corrected chi connectivity index (χ4v) is 6.10. The van der Waals surface area contributed by atoms with E-state index in [-0.39, 0.29) is 47.0 Å². The van der Waals surface area contributed by atoms with Gasteiger partial charge in [0.25, 0.3) is 11.8 Å². The third-order valence-electron chi connectivity index (χ3n) is 7.35. The first kappa shape index (κ1) is 48.6. The van der Waals surface area contributed by atoms with Gasteiger partial charge in [-0.05, 0) is 108 Å². The minimum absolute atomic E-state index is 0. The Labute approximate surface area is 314 Å². The van der Waals surface area contributed by atoms with Crippen molar-refractivity contribution >= 4 is 77.2 Å². The fraction of sp³-hybridized carbons (Fsp3) is 0.368. The Kier molecular flexibility index (Phi) is 21.0. The van der Waals surface area contributed by atoms with Gasteiger partial charge in [-0.15, -0.1) is 0 Å². The Balaban J connectivity index is 0. The highest BCUT2D eigenvalue weighted by molar-refractivity contribution is 9.11. The van der Waals surface area contributed by atoms with Crippen LogP contribution in [0.3, 0.4) is 0 Å². The zero-order chi connectivity index (χ0) is 32.8. The standard InChI is InChI=1S/C17H17BrN2O2.C12H5BrO3.C5H14N2.4CH4.H2O/c1-19(2)9-4-10-20-16(21)12-6-3-5-11-14(18)8-7-13(15(11)12)17(20)22;13-9-5-4-8-10-6(9)2-1-3-7(10)11(14)16-12(8)15;1-7(2)5-3-4-6;;;;;/h3,5-8H,4,9-10H2,1-2H3;1-5H;3-6H2,1-2H3;4*1H4;1H2. The number of hydrogen-bond donors (Lipinski definition) is 1. The second kappa shape index (κ2) is 21.6. The van der Waals surface area contributed by atoms with Crippen molar-refractivity contribution in [2.24, 2.45) is 5.73 Å². The topological polar surface area (TPSA) is 145 Å². The summed E-state index contributed by atoms with van der Waals surface area (Å²) in [7, 11) is 8.06. The van der Waals surface area contributed by atoms with Gasteiger partial charge >= 0.3 is 11.9 Å². The maximum Gasteiger partial charge on any atom is 0.346 e. The number of nitrogens with two attached hydrogens (primary N) is 1. The van der Waals surface area contributed by atoms with E-state index in [4.69, 9.17) is 5.73 Å². The van der Waals surface area contributed by atoms with Gasteiger partial charge < -0.3 is 25.7 Å². The van der Waals surface area contributed by atoms with Crippen molar-refractivity contribution in [2.75, 3.05) is 54.4 Å². The molecule has 0 bridgehead atoms. The van der Waals surface area contributed by atoms with Crippen LogP contribution in [0.4, 0.5) is 0 Å². The zero-order valence-corrected chi connectivity index (χ0v) is 29.4. The monoisotopic (exact) mass is 820 g/mol. The number of nitrogens with zero attached hydrogens (tertiary/aromatic N) is 3. The summed E-state index contributed by atoms with van der Waals surface area (Å²) in [4.78, 5) is 54.0. The van der Waals surface area contributed by atoms with E-state index >= 15 is 0 Å². The van der Waals surface area contributed by atoms with Crippen molar-refractivity contribution in [3.8, 4) is 0 Å². The summed E-state index contributed by atoms with van der Waals surface area (Å²) < 4.78 is 6.40. The average molecular weight is 823 g/mol. The van der Waals surface area contributed by atoms with Crippen LogP contribution in [0.25, 0.3) is 21.5 Å². The molecule has 0 aromatic heterocycles. The van der Waals surface area contributed by atoms with Crippen molar-refractivity contribution in [3.05, 3.63) is 91.9 Å². The lowest BCUT2D eigenvalue weighted by molar-refractivity contribution is 0.0390. The van der Waals surface area contributed by atoms with Crippen LogP contribution in [0.15, 0.2) is 69.6 Å². The van der Waals surface area contributed by atoms with Gasteiger partial charge in [0.05, 0.1) is 11.1 Å². The minimum Gasteiger partial charge on any atom is -0.412 e. The quantitative estimate of drug-likeness (QED) is 0.114. The molecule has 2 heterocycles. The Bertz CT molecular complexity index is 1740. The number of hydrogen-bond acceptors (Lipinski definition) is 8. The van der Waals surface area contributed by atoms with E-state index in [9.17, 15) is 19.2 Å². The van der Waals surface area contributed by atoms with Gasteiger partial charge in [-0.3, -0.25) is 14.5 Å². The number of amides is 2. The van der Waals surface area contributed by atoms with E-state index in [1.54, 1.807) is 36.4 Å². The smallest absolute Gasteiger partial charge is 0.346 e. The lowest BCUT2D eigenvalue weighted by Crippen LogP contribution is -2.41. The number of carbonyl (C=O) groups is 4. The number of halogens is 2. The third-order valence-corrected chi connectivity index (χ3v) is 8.73. The van der Waals surface area contributed by atoms with Crippen molar-refractivity contribution in [2.45, 2.75) is 42.5 Å². The molecule has 2 amide bonds. The maximum absolute atomic E-state index is 12.7. The maximum atomic E-state index is 12.7. The first-order valence-corrected chi connectivity index (χ1v) is 16.1. The van der Waals surface area contributed by atoms with Gasteiger partial charge in [0.1, 0.15) is 0 Å². The molecule has 0 spiro atoms. The van der Waals surface area contributed by atoms with Crippen LogP contribution in [-0.2, 0) is 4.74 Å². The molecule has 12 heteroatoms. The second-order valence-corrected chi connectivity index (χ2v) is 12.9. The van der Waals surface area contributed by atoms with Crippen LogP contribution in [-0.4, -0.2) is 98.3 Å². The lowest BCUT2D eigenvalue weighted by Gasteiger charge is -2.27. The van der Waals surface area contributed by atoms with Gasteiger partial charge in [-0.1, -0.05) is 85.8 Å². The summed E-state index contributed by atoms with van der Waals surface area (Å²) in [5.41, 5.74) is 7.35. The molecule has 2 aliphatic heterocycles. The van der Waals surface area contributed by atoms with Crippen LogP contribution >= 0.6 is 31.9 Å². The Morgan fingerprint density at radius 2 is 1.02 bits per heavy atom. The summed E-state index contributed by atoms with van der Waals surface area (Å²) in [6.07, 6.45) is 1.87. The Hall–Kier alpha value is -3.52. The first-order chi connectivity index (χ1) is 21.5. The number of cyclic esters (lactones) is 2. The summed E-state index contributed by atoms with van der Waals surface area (Å²) >= 11 is 6.88. The van der Waals surface area contributed by atoms with Crippen LogP contribution in [0.1, 0.15) is 84.0 Å². The molecule has 4 N–H and O–H groups in total. The van der Waals surface area contributed by atoms with Crippen LogP contribution in [0, 0.1) is 0 Å². The number of carbonyl (C=O) groups excluding carboxylic acids is 4. The number of imide groups is 1. The van der Waals surface area contributed by atoms with E-state index in [1.807, 2.05) is 43.3 Å². The zero-order valence-electron chi connectivity index (χ0n) is 26.2. The van der Waals surface area contributed by atoms with Crippen molar-refractivity contribution < 1.29 is 29.4 Å². The molecule has 50 heavy (non-hydrogen) atoms. The third kappa shape index (κ3) is 10.7. The molecule has 0 saturated heterocycles. The van der Waals surface area contributed by atoms with Crippen molar-refractivity contribution in [1.29, 1.82) is 0 Å². The molecule has 0 saturated carbocycles. The van der Waals surface area contributed by atoms with Gasteiger partial charge in [-0.2, -0.15) is 0 Å². The summed E-state index contributed by atoms with van der Waals surface area (Å²) in [5.74, 6) is -1.55. The number of rotatable bonds is 7. The van der Waals surface area contributed by atoms with Crippen LogP contribution in [0.2, 0.25) is 0 Å². The second-order valence-electron chi connectivity index (χ2n) is 11.2. The van der Waals surface area contributed by atoms with Gasteiger partial charge in [0.15, 0.2) is 0 Å². The highest BCUT2D eigenvalue weighted by Gasteiger charge is 2.32. The summed E-state index contributed by atoms with van der Waals surface area (Å²) in [6.45, 7) is 3.20. The van der Waals surface area contributed by atoms with Gasteiger partial charge in [0, 0.05) is 37.4 Å². The normalized spacial score (nSPS) is 12.2. The number of esters is 2. The van der Waals surface area contributed by atoms with Crippen LogP contribution < -0.4 is 5.73 Å². The molecule has 0 atom stereocenters. The molecule has 0 fully saturated rings. The molecular formula is C38H54Br2N4O6. The molecule has 0 unspecified atom stereocenters. The van der Waals surface area contributed by atoms with Gasteiger partial charge in [-0.25, -0.2) is 9.59 Å². The summed E-state index contributed by atoms with van der Waals surface area (Å²) in [6, 6.07) is 18.0. The Morgan fingerprint density at radius 3 is 1.48 bits per heavy atom. The Morgan fingerprint density at radius 1 is 0.620 bits per heavy atom. The molecule has 2 aliphatic rings. The average Bonchev–Trinajstić information content (AvgIpc) is 3.01. The van der Waals surface area contributed by atoms with Crippen LogP contribution in [0.5, 0.6) is 0 Å². The van der Waals surface area contributed by atoms with Gasteiger partial charge in [0.2, 0.25) is 0 Å². The van der Waals surface area contributed by atoms with Crippen molar-refractivity contribution in [3.63, 3.8) is 0 Å². The van der Waals surface area contributed by atoms with Crippen molar-refractivity contribution in [1.82, 2.24) is 14.7 Å². The largest absolute Gasteiger partial charge is 0.412 e. The molecule has 6 rings (SSSR count). The SMILES string of the molecule is C.C.C.C.CN(C)CCCN.CN(C)CCCN1C(=O)c2cccc3c(Br)ccc(c23)C1=O.O.O=C1OC(=O)c2ccc(Br)c3cccc1c23. The lowest BCUT2D eigenvalue weighted by atomic mass is 9.94. The minimum atomic E-state index is -0.582. The predicted octanol–water partition coefficient (Wildman–Crippen LogP) is 7.68. The first-order valence-electron chi connectivity index (χ1n) is 14.5. The molecule has 0 radical (unpaired) electrons. The molecule has 4 aromatic rings. The van der Waals surface area contributed by atoms with E-state index in [0.717, 1.165) is 57.6 Å². The molecule has 0 aliphatic carbocycles. The number of ether oxygens (including phenoxy) is 1. The highest BCUT2D eigenvalue weighted by atomic mass is 79.9. The molecule has 4 aromatic carbocycles. The summed E-state index contributed by atoms with van der Waals surface area (Å²) in [5, 5.41) is 3.18. The van der Waals surface area contributed by atoms with E-state index in [2.05, 4.69) is 55.6 Å². The van der Waals surface area contributed by atoms with E-state index < -0.39 is 11.9 Å². The highest BCUT2D eigenvalue weighted by Crippen LogP contribution is 2.35.